The van der Waals surface area contributed by atoms with Crippen LogP contribution in [0.1, 0.15) is 11.1 Å². The molecule has 1 aliphatic heterocycles. The highest BCUT2D eigenvalue weighted by Gasteiger charge is 2.37. The number of anilines is 1. The van der Waals surface area contributed by atoms with E-state index in [4.69, 9.17) is 4.74 Å². The van der Waals surface area contributed by atoms with Crippen LogP contribution in [0, 0.1) is 10.1 Å². The van der Waals surface area contributed by atoms with Crippen molar-refractivity contribution in [3.63, 3.8) is 0 Å². The lowest BCUT2D eigenvalue weighted by atomic mass is 10.1. The first-order valence-corrected chi connectivity index (χ1v) is 10.3. The van der Waals surface area contributed by atoms with E-state index in [0.717, 1.165) is 12.1 Å². The van der Waals surface area contributed by atoms with Gasteiger partial charge in [-0.25, -0.2) is 9.69 Å². The van der Waals surface area contributed by atoms with Crippen molar-refractivity contribution in [2.75, 3.05) is 4.90 Å². The standard InChI is InChI=1S/C24H14F3N3O7/c25-24(26,27)14-5-10-20(18(12-14)30(35)36)37-19-4-2-1-3-13(19)11-17-21(32)28-23(34)29(22(17)33)15-6-8-16(31)9-7-15/h1-12,31H,(H,28,32,34)/b17-11+. The molecule has 0 unspecified atom stereocenters. The number of hydrogen-bond acceptors (Lipinski definition) is 7. The third-order valence-electron chi connectivity index (χ3n) is 5.13. The minimum Gasteiger partial charge on any atom is -0.508 e. The molecule has 0 aromatic heterocycles. The van der Waals surface area contributed by atoms with Gasteiger partial charge in [-0.3, -0.25) is 25.0 Å². The minimum atomic E-state index is -4.82. The maximum atomic E-state index is 13.1. The van der Waals surface area contributed by atoms with Crippen molar-refractivity contribution in [1.29, 1.82) is 0 Å². The van der Waals surface area contributed by atoms with Crippen molar-refractivity contribution in [3.05, 3.63) is 93.5 Å². The number of hydrogen-bond donors (Lipinski definition) is 2. The molecule has 1 aliphatic rings. The van der Waals surface area contributed by atoms with Gasteiger partial charge in [0, 0.05) is 11.6 Å². The Morgan fingerprint density at radius 2 is 1.65 bits per heavy atom. The number of halogens is 3. The molecule has 0 saturated carbocycles. The van der Waals surface area contributed by atoms with Crippen molar-refractivity contribution in [2.24, 2.45) is 0 Å². The zero-order valence-corrected chi connectivity index (χ0v) is 18.4. The fourth-order valence-corrected chi connectivity index (χ4v) is 3.38. The second-order valence-electron chi connectivity index (χ2n) is 7.55. The summed E-state index contributed by atoms with van der Waals surface area (Å²) in [5.74, 6) is -2.78. The number of urea groups is 1. The van der Waals surface area contributed by atoms with E-state index in [1.54, 1.807) is 0 Å². The summed E-state index contributed by atoms with van der Waals surface area (Å²) in [4.78, 5) is 48.9. The molecule has 0 spiro atoms. The number of carbonyl (C=O) groups excluding carboxylic acids is 3. The maximum Gasteiger partial charge on any atom is 0.416 e. The summed E-state index contributed by atoms with van der Waals surface area (Å²) < 4.78 is 44.5. The number of amides is 4. The molecule has 1 saturated heterocycles. The van der Waals surface area contributed by atoms with Gasteiger partial charge in [0.05, 0.1) is 16.2 Å². The number of ether oxygens (including phenoxy) is 1. The number of carbonyl (C=O) groups is 3. The van der Waals surface area contributed by atoms with Crippen LogP contribution in [0.15, 0.2) is 72.3 Å². The molecule has 188 valence electrons. The van der Waals surface area contributed by atoms with Crippen LogP contribution in [0.4, 0.5) is 29.3 Å². The van der Waals surface area contributed by atoms with Crippen LogP contribution < -0.4 is 15.0 Å². The zero-order valence-electron chi connectivity index (χ0n) is 18.4. The Labute approximate surface area is 205 Å². The fraction of sp³-hybridized carbons (Fsp3) is 0.0417. The van der Waals surface area contributed by atoms with E-state index in [9.17, 15) is 42.8 Å². The third kappa shape index (κ3) is 5.10. The van der Waals surface area contributed by atoms with E-state index in [-0.39, 0.29) is 22.7 Å². The van der Waals surface area contributed by atoms with Crippen molar-refractivity contribution < 1.29 is 42.3 Å². The molecular weight excluding hydrogens is 499 g/mol. The molecular formula is C24H14F3N3O7. The summed E-state index contributed by atoms with van der Waals surface area (Å²) in [6.45, 7) is 0. The monoisotopic (exact) mass is 513 g/mol. The summed E-state index contributed by atoms with van der Waals surface area (Å²) in [5, 5.41) is 22.9. The van der Waals surface area contributed by atoms with Gasteiger partial charge >= 0.3 is 17.9 Å². The number of para-hydroxylation sites is 1. The number of aromatic hydroxyl groups is 1. The van der Waals surface area contributed by atoms with E-state index in [0.29, 0.717) is 17.0 Å². The van der Waals surface area contributed by atoms with Gasteiger partial charge < -0.3 is 9.84 Å². The normalized spacial score (nSPS) is 15.1. The van der Waals surface area contributed by atoms with E-state index in [2.05, 4.69) is 0 Å². The number of phenols is 1. The molecule has 37 heavy (non-hydrogen) atoms. The van der Waals surface area contributed by atoms with Gasteiger partial charge in [-0.05, 0) is 48.5 Å². The quantitative estimate of drug-likeness (QED) is 0.217. The summed E-state index contributed by atoms with van der Waals surface area (Å²) in [6.07, 6.45) is -3.75. The average Bonchev–Trinajstić information content (AvgIpc) is 2.83. The van der Waals surface area contributed by atoms with Crippen LogP contribution in [-0.4, -0.2) is 27.9 Å². The number of imide groups is 2. The predicted octanol–water partition coefficient (Wildman–Crippen LogP) is 4.78. The Morgan fingerprint density at radius 3 is 2.30 bits per heavy atom. The average molecular weight is 513 g/mol. The van der Waals surface area contributed by atoms with Crippen LogP contribution in [-0.2, 0) is 15.8 Å². The molecule has 0 radical (unpaired) electrons. The van der Waals surface area contributed by atoms with E-state index in [1.807, 2.05) is 5.32 Å². The molecule has 3 aromatic carbocycles. The Morgan fingerprint density at radius 1 is 0.973 bits per heavy atom. The van der Waals surface area contributed by atoms with E-state index >= 15 is 0 Å². The summed E-state index contributed by atoms with van der Waals surface area (Å²) in [7, 11) is 0. The highest BCUT2D eigenvalue weighted by molar-refractivity contribution is 6.39. The number of nitrogens with one attached hydrogen (secondary N) is 1. The van der Waals surface area contributed by atoms with Crippen LogP contribution in [0.5, 0.6) is 17.2 Å². The van der Waals surface area contributed by atoms with Gasteiger partial charge in [0.2, 0.25) is 5.75 Å². The molecule has 2 N–H and O–H groups in total. The Balaban J connectivity index is 1.72. The molecule has 3 aromatic rings. The predicted molar refractivity (Wildman–Crippen MR) is 122 cm³/mol. The molecule has 1 fully saturated rings. The lowest BCUT2D eigenvalue weighted by molar-refractivity contribution is -0.385. The van der Waals surface area contributed by atoms with Gasteiger partial charge in [-0.1, -0.05) is 18.2 Å². The van der Waals surface area contributed by atoms with Crippen molar-refractivity contribution in [2.45, 2.75) is 6.18 Å². The summed E-state index contributed by atoms with van der Waals surface area (Å²) in [6, 6.07) is 11.4. The minimum absolute atomic E-state index is 0.0589. The van der Waals surface area contributed by atoms with Crippen LogP contribution >= 0.6 is 0 Å². The summed E-state index contributed by atoms with van der Waals surface area (Å²) in [5.41, 5.74) is -2.57. The van der Waals surface area contributed by atoms with Crippen molar-refractivity contribution >= 4 is 35.3 Å². The third-order valence-corrected chi connectivity index (χ3v) is 5.13. The van der Waals surface area contributed by atoms with Crippen LogP contribution in [0.25, 0.3) is 6.08 Å². The topological polar surface area (TPSA) is 139 Å². The summed E-state index contributed by atoms with van der Waals surface area (Å²) >= 11 is 0. The lowest BCUT2D eigenvalue weighted by Crippen LogP contribution is -2.54. The number of rotatable bonds is 5. The van der Waals surface area contributed by atoms with Gasteiger partial charge in [-0.15, -0.1) is 0 Å². The highest BCUT2D eigenvalue weighted by Crippen LogP contribution is 2.39. The molecule has 1 heterocycles. The number of alkyl halides is 3. The van der Waals surface area contributed by atoms with Gasteiger partial charge in [-0.2, -0.15) is 13.2 Å². The van der Waals surface area contributed by atoms with E-state index in [1.165, 1.54) is 48.5 Å². The lowest BCUT2D eigenvalue weighted by Gasteiger charge is -2.26. The van der Waals surface area contributed by atoms with Gasteiger partial charge in [0.25, 0.3) is 11.8 Å². The number of benzene rings is 3. The number of nitro benzene ring substituents is 1. The number of barbiturate groups is 1. The first-order chi connectivity index (χ1) is 17.5. The van der Waals surface area contributed by atoms with Gasteiger partial charge in [0.1, 0.15) is 17.1 Å². The Hall–Kier alpha value is -5.20. The van der Waals surface area contributed by atoms with Crippen molar-refractivity contribution in [3.8, 4) is 17.2 Å². The highest BCUT2D eigenvalue weighted by atomic mass is 19.4. The first-order valence-electron chi connectivity index (χ1n) is 10.3. The second kappa shape index (κ2) is 9.45. The molecule has 0 bridgehead atoms. The molecule has 10 nitrogen and oxygen atoms in total. The largest absolute Gasteiger partial charge is 0.508 e. The number of phenolic OH excluding ortho intramolecular Hbond substituents is 1. The van der Waals surface area contributed by atoms with Crippen LogP contribution in [0.3, 0.4) is 0 Å². The Kier molecular flexibility index (Phi) is 6.36. The zero-order chi connectivity index (χ0) is 26.9. The number of nitro groups is 1. The van der Waals surface area contributed by atoms with Gasteiger partial charge in [0.15, 0.2) is 0 Å². The maximum absolute atomic E-state index is 13.1. The molecule has 0 aliphatic carbocycles. The van der Waals surface area contributed by atoms with Crippen molar-refractivity contribution in [1.82, 2.24) is 5.32 Å². The second-order valence-corrected chi connectivity index (χ2v) is 7.55. The molecule has 4 amide bonds. The van der Waals surface area contributed by atoms with E-state index < -0.39 is 51.5 Å². The first kappa shape index (κ1) is 24.9. The SMILES string of the molecule is O=C1NC(=O)N(c2ccc(O)cc2)C(=O)/C1=C/c1ccccc1Oc1ccc(C(F)(F)F)cc1[N+](=O)[O-]. The molecule has 0 atom stereocenters. The number of nitrogens with zero attached hydrogens (tertiary/aromatic N) is 2. The molecule has 13 heteroatoms. The molecule has 4 rings (SSSR count). The Bertz CT molecular complexity index is 1470. The smallest absolute Gasteiger partial charge is 0.416 e. The van der Waals surface area contributed by atoms with Crippen LogP contribution in [0.2, 0.25) is 0 Å². The fourth-order valence-electron chi connectivity index (χ4n) is 3.38.